The van der Waals surface area contributed by atoms with Crippen LogP contribution in [-0.2, 0) is 35.2 Å². The van der Waals surface area contributed by atoms with Crippen LogP contribution in [0.5, 0.6) is 5.75 Å². The van der Waals surface area contributed by atoms with E-state index in [1.807, 2.05) is 0 Å². The van der Waals surface area contributed by atoms with Crippen molar-refractivity contribution in [2.75, 3.05) is 44.4 Å². The molecule has 55 heavy (non-hydrogen) atoms. The Morgan fingerprint density at radius 2 is 1.62 bits per heavy atom. The Hall–Kier alpha value is -4.62. The van der Waals surface area contributed by atoms with E-state index >= 15 is 0 Å². The zero-order valence-corrected chi connectivity index (χ0v) is 32.4. The molecule has 0 aliphatic carbocycles. The fourth-order valence-corrected chi connectivity index (χ4v) is 7.41. The maximum atomic E-state index is 13.7. The molecule has 0 fully saturated rings. The van der Waals surface area contributed by atoms with Gasteiger partial charge in [-0.3, -0.25) is 44.4 Å². The number of hydrogen-bond donors (Lipinski definition) is 8. The van der Waals surface area contributed by atoms with E-state index in [0.29, 0.717) is 30.5 Å². The van der Waals surface area contributed by atoms with E-state index in [-0.39, 0.29) is 79.7 Å². The van der Waals surface area contributed by atoms with Crippen molar-refractivity contribution in [3.63, 3.8) is 0 Å². The maximum Gasteiger partial charge on any atom is 0.234 e. The van der Waals surface area contributed by atoms with Crippen LogP contribution >= 0.6 is 21.6 Å². The van der Waals surface area contributed by atoms with Crippen LogP contribution < -0.4 is 38.1 Å². The van der Waals surface area contributed by atoms with Gasteiger partial charge in [0.2, 0.25) is 11.8 Å². The second kappa shape index (κ2) is 26.2. The molecule has 0 saturated carbocycles. The molecule has 0 spiro atoms. The highest BCUT2D eigenvalue weighted by Gasteiger charge is 2.28. The van der Waals surface area contributed by atoms with Gasteiger partial charge < -0.3 is 37.3 Å². The number of Topliss-reactive ketones (excluding diaryl/α,β-unsaturated/α-hetero) is 4. The minimum atomic E-state index is -1.04. The summed E-state index contributed by atoms with van der Waals surface area (Å²) in [6.45, 7) is 0.889. The van der Waals surface area contributed by atoms with Crippen LogP contribution in [0.4, 0.5) is 0 Å². The number of aldehydes is 1. The standard InChI is InChI=1S/C37H52N8O8S2/c1-24(47)17-40-18-34(51)32(44-35(52)19-41-23-43-29(20-46)9-6-14-42-37(38)39)22-55-54-21-28(16-33(50)27-7-4-3-5-8-27)36(53)45-31(25(2)48)15-26-10-12-30(49)13-11-26/h3-5,7-8,10-13,20,28-29,31-32,40-41,43,49H,6,9,14-19,21-23H2,1-2H3,(H,44,52)(H,45,53)(H4,38,39,42)/t28?,29-,31-,32?/m0/s1/i2D. The molecule has 2 aromatic carbocycles. The highest BCUT2D eigenvalue weighted by atomic mass is 33.1. The van der Waals surface area contributed by atoms with E-state index in [9.17, 15) is 38.7 Å². The molecule has 0 aliphatic heterocycles. The summed E-state index contributed by atoms with van der Waals surface area (Å²) in [6, 6.07) is 12.1. The number of amides is 2. The van der Waals surface area contributed by atoms with Crippen LogP contribution in [0.15, 0.2) is 59.6 Å². The predicted molar refractivity (Wildman–Crippen MR) is 214 cm³/mol. The third kappa shape index (κ3) is 20.0. The molecule has 0 aromatic heterocycles. The number of nitrogens with one attached hydrogen (secondary N) is 5. The molecule has 0 radical (unpaired) electrons. The van der Waals surface area contributed by atoms with Crippen LogP contribution in [0.3, 0.4) is 0 Å². The Morgan fingerprint density at radius 1 is 0.909 bits per heavy atom. The first-order valence-corrected chi connectivity index (χ1v) is 20.0. The molecule has 2 rings (SSSR count). The van der Waals surface area contributed by atoms with Gasteiger partial charge in [-0.25, -0.2) is 0 Å². The highest BCUT2D eigenvalue weighted by Crippen LogP contribution is 2.27. The summed E-state index contributed by atoms with van der Waals surface area (Å²) in [7, 11) is 2.41. The van der Waals surface area contributed by atoms with Gasteiger partial charge in [-0.2, -0.15) is 0 Å². The number of rotatable bonds is 29. The number of aromatic hydroxyl groups is 1. The average molecular weight is 802 g/mol. The molecule has 2 aromatic rings. The molecular weight excluding hydrogens is 749 g/mol. The summed E-state index contributed by atoms with van der Waals surface area (Å²) in [6.07, 6.45) is 1.68. The van der Waals surface area contributed by atoms with Gasteiger partial charge in [0.15, 0.2) is 23.3 Å². The van der Waals surface area contributed by atoms with Crippen LogP contribution in [0.2, 0.25) is 0 Å². The normalized spacial score (nSPS) is 13.3. The third-order valence-electron chi connectivity index (χ3n) is 7.87. The van der Waals surface area contributed by atoms with E-state index in [1.165, 1.54) is 40.6 Å². The molecule has 300 valence electrons. The van der Waals surface area contributed by atoms with Gasteiger partial charge in [0.05, 0.1) is 43.7 Å². The fraction of sp³-hybridized carbons (Fsp3) is 0.459. The van der Waals surface area contributed by atoms with Gasteiger partial charge in [-0.1, -0.05) is 64.1 Å². The van der Waals surface area contributed by atoms with Gasteiger partial charge in [-0.05, 0) is 50.8 Å². The molecule has 0 aliphatic rings. The van der Waals surface area contributed by atoms with Crippen LogP contribution in [0, 0.1) is 5.92 Å². The number of guanidine groups is 1. The molecule has 2 amide bonds. The summed E-state index contributed by atoms with van der Waals surface area (Å²) in [4.78, 5) is 92.3. The summed E-state index contributed by atoms with van der Waals surface area (Å²) in [5, 5.41) is 23.7. The minimum absolute atomic E-state index is 0.0337. The van der Waals surface area contributed by atoms with Crippen molar-refractivity contribution in [1.82, 2.24) is 26.6 Å². The van der Waals surface area contributed by atoms with Crippen molar-refractivity contribution in [1.29, 1.82) is 0 Å². The number of hydrogen-bond acceptors (Lipinski definition) is 14. The van der Waals surface area contributed by atoms with E-state index in [4.69, 9.17) is 12.8 Å². The van der Waals surface area contributed by atoms with E-state index in [1.54, 1.807) is 42.5 Å². The topological polar surface area (TPSA) is 264 Å². The number of nitrogens with two attached hydrogens (primary N) is 2. The first-order valence-electron chi connectivity index (χ1n) is 18.2. The summed E-state index contributed by atoms with van der Waals surface area (Å²) in [5.41, 5.74) is 11.7. The Bertz CT molecular complexity index is 1620. The van der Waals surface area contributed by atoms with Gasteiger partial charge in [0.1, 0.15) is 17.8 Å². The Labute approximate surface area is 330 Å². The SMILES string of the molecule is [2H]CC(=O)[C@H](Cc1ccc(O)cc1)NC(=O)C(CSSCC(NC(=O)CNCN[C@H](C=O)CCCN=C(N)N)C(=O)CNCC(C)=O)CC(=O)c1ccccc1. The molecular formula is C37H52N8O8S2. The number of carbonyl (C=O) groups excluding carboxylic acids is 7. The molecule has 0 saturated heterocycles. The van der Waals surface area contributed by atoms with Gasteiger partial charge in [0.25, 0.3) is 0 Å². The number of benzene rings is 2. The van der Waals surface area contributed by atoms with Gasteiger partial charge >= 0.3 is 0 Å². The lowest BCUT2D eigenvalue weighted by Crippen LogP contribution is -2.50. The van der Waals surface area contributed by atoms with Crippen molar-refractivity contribution in [2.45, 2.75) is 57.6 Å². The summed E-state index contributed by atoms with van der Waals surface area (Å²) < 4.78 is 7.64. The lowest BCUT2D eigenvalue weighted by Gasteiger charge is -2.22. The highest BCUT2D eigenvalue weighted by molar-refractivity contribution is 8.76. The quantitative estimate of drug-likeness (QED) is 0.0104. The van der Waals surface area contributed by atoms with Crippen molar-refractivity contribution < 1.29 is 40.0 Å². The number of carbonyl (C=O) groups is 7. The number of nitrogens with zero attached hydrogens (tertiary/aromatic N) is 1. The molecule has 0 heterocycles. The lowest BCUT2D eigenvalue weighted by molar-refractivity contribution is -0.129. The molecule has 2 unspecified atom stereocenters. The molecule has 18 heteroatoms. The Balaban J connectivity index is 2.07. The summed E-state index contributed by atoms with van der Waals surface area (Å²) in [5.74, 6) is -3.14. The maximum absolute atomic E-state index is 13.7. The van der Waals surface area contributed by atoms with E-state index < -0.39 is 48.5 Å². The predicted octanol–water partition coefficient (Wildman–Crippen LogP) is 0.269. The molecule has 16 nitrogen and oxygen atoms in total. The van der Waals surface area contributed by atoms with Crippen LogP contribution in [0.1, 0.15) is 50.4 Å². The smallest absolute Gasteiger partial charge is 0.234 e. The Kier molecular flexibility index (Phi) is 21.4. The second-order valence-corrected chi connectivity index (χ2v) is 15.1. The van der Waals surface area contributed by atoms with Crippen LogP contribution in [-0.4, -0.2) is 115 Å². The van der Waals surface area contributed by atoms with E-state index in [0.717, 1.165) is 6.29 Å². The zero-order chi connectivity index (χ0) is 41.3. The van der Waals surface area contributed by atoms with E-state index in [2.05, 4.69) is 31.6 Å². The average Bonchev–Trinajstić information content (AvgIpc) is 3.17. The monoisotopic (exact) mass is 801 g/mol. The van der Waals surface area contributed by atoms with Crippen LogP contribution in [0.25, 0.3) is 0 Å². The summed E-state index contributed by atoms with van der Waals surface area (Å²) >= 11 is 0. The first kappa shape index (κ1) is 44.8. The molecule has 4 atom stereocenters. The van der Waals surface area contributed by atoms with Gasteiger partial charge in [-0.15, -0.1) is 0 Å². The van der Waals surface area contributed by atoms with Gasteiger partial charge in [0, 0.05) is 38.1 Å². The Morgan fingerprint density at radius 3 is 2.27 bits per heavy atom. The first-order chi connectivity index (χ1) is 26.8. The van der Waals surface area contributed by atoms with Crippen molar-refractivity contribution >= 4 is 68.8 Å². The third-order valence-corrected chi connectivity index (χ3v) is 10.4. The van der Waals surface area contributed by atoms with Crippen molar-refractivity contribution in [2.24, 2.45) is 22.4 Å². The minimum Gasteiger partial charge on any atom is -0.508 e. The molecule has 0 bridgehead atoms. The number of phenols is 1. The zero-order valence-electron chi connectivity index (χ0n) is 31.8. The number of aliphatic imine (C=N–C) groups is 1. The fourth-order valence-electron chi connectivity index (χ4n) is 4.90. The lowest BCUT2D eigenvalue weighted by atomic mass is 9.97. The molecule has 10 N–H and O–H groups in total. The van der Waals surface area contributed by atoms with Crippen molar-refractivity contribution in [3.05, 3.63) is 65.7 Å². The number of ketones is 4. The largest absolute Gasteiger partial charge is 0.508 e. The number of phenolic OH excluding ortho intramolecular Hbond substituents is 1. The van der Waals surface area contributed by atoms with Crippen molar-refractivity contribution in [3.8, 4) is 5.75 Å². The second-order valence-electron chi connectivity index (χ2n) is 12.5.